The molecule has 184 valence electrons. The van der Waals surface area contributed by atoms with Crippen LogP contribution in [-0.2, 0) is 0 Å². The van der Waals surface area contributed by atoms with Gasteiger partial charge in [0.15, 0.2) is 5.75 Å². The summed E-state index contributed by atoms with van der Waals surface area (Å²) >= 11 is 0. The van der Waals surface area contributed by atoms with Gasteiger partial charge < -0.3 is 19.1 Å². The normalized spacial score (nSPS) is 18.3. The molecule has 0 spiro atoms. The van der Waals surface area contributed by atoms with Crippen LogP contribution in [-0.4, -0.2) is 44.1 Å². The summed E-state index contributed by atoms with van der Waals surface area (Å²) in [5.74, 6) is 2.08. The fourth-order valence-electron chi connectivity index (χ4n) is 4.34. The molecule has 2 aromatic heterocycles. The molecule has 1 amide bonds. The summed E-state index contributed by atoms with van der Waals surface area (Å²) in [6, 6.07) is 11.3. The third kappa shape index (κ3) is 5.88. The number of aryl methyl sites for hydroxylation is 2. The third-order valence-corrected chi connectivity index (χ3v) is 6.30. The van der Waals surface area contributed by atoms with Crippen LogP contribution < -0.4 is 14.2 Å². The van der Waals surface area contributed by atoms with E-state index in [1.165, 1.54) is 6.33 Å². The topological polar surface area (TPSA) is 86.7 Å². The van der Waals surface area contributed by atoms with Gasteiger partial charge in [0.2, 0.25) is 11.8 Å². The van der Waals surface area contributed by atoms with E-state index in [1.807, 2.05) is 69.0 Å². The van der Waals surface area contributed by atoms with E-state index in [0.29, 0.717) is 35.2 Å². The number of rotatable bonds is 7. The standard InChI is InChI=1S/C27H32N4O4/c1-17-8-12-23(13-9-17)34-27(32)31-18(2)10-11-22(31)15-19(3)33-25-20(4)26(30-16-29-25)35-24-7-6-14-28-21(24)5/h6-9,12-14,16,18-19,22H,10-11,15H2,1-5H3/t18?,19-,22?/m1/s1. The highest BCUT2D eigenvalue weighted by molar-refractivity contribution is 5.71. The van der Waals surface area contributed by atoms with E-state index in [0.717, 1.165) is 24.1 Å². The molecule has 1 aliphatic rings. The number of ether oxygens (including phenoxy) is 3. The maximum atomic E-state index is 13.0. The molecule has 0 radical (unpaired) electrons. The van der Waals surface area contributed by atoms with Crippen LogP contribution in [0.25, 0.3) is 0 Å². The average Bonchev–Trinajstić information content (AvgIpc) is 3.19. The Labute approximate surface area is 206 Å². The van der Waals surface area contributed by atoms with Crippen LogP contribution >= 0.6 is 0 Å². The van der Waals surface area contributed by atoms with E-state index < -0.39 is 0 Å². The van der Waals surface area contributed by atoms with Crippen molar-refractivity contribution in [3.63, 3.8) is 0 Å². The number of pyridine rings is 1. The number of amides is 1. The van der Waals surface area contributed by atoms with Gasteiger partial charge in [0.05, 0.1) is 17.4 Å². The van der Waals surface area contributed by atoms with Crippen LogP contribution in [0, 0.1) is 20.8 Å². The van der Waals surface area contributed by atoms with Gasteiger partial charge in [-0.3, -0.25) is 4.98 Å². The predicted octanol–water partition coefficient (Wildman–Crippen LogP) is 5.80. The molecule has 1 aromatic carbocycles. The molecule has 1 aliphatic heterocycles. The molecule has 1 saturated heterocycles. The van der Waals surface area contributed by atoms with Crippen LogP contribution in [0.15, 0.2) is 48.9 Å². The number of aromatic nitrogens is 3. The first-order valence-corrected chi connectivity index (χ1v) is 12.0. The highest BCUT2D eigenvalue weighted by atomic mass is 16.6. The lowest BCUT2D eigenvalue weighted by molar-refractivity contribution is 0.110. The molecular weight excluding hydrogens is 444 g/mol. The number of carbonyl (C=O) groups excluding carboxylic acids is 1. The second-order valence-electron chi connectivity index (χ2n) is 9.13. The predicted molar refractivity (Wildman–Crippen MR) is 132 cm³/mol. The van der Waals surface area contributed by atoms with Gasteiger partial charge in [-0.1, -0.05) is 17.7 Å². The van der Waals surface area contributed by atoms with Gasteiger partial charge in [-0.05, 0) is 71.7 Å². The zero-order valence-electron chi connectivity index (χ0n) is 20.9. The Morgan fingerprint density at radius 2 is 1.80 bits per heavy atom. The first kappa shape index (κ1) is 24.4. The number of hydrogen-bond acceptors (Lipinski definition) is 7. The molecule has 1 fully saturated rings. The number of hydrogen-bond donors (Lipinski definition) is 0. The van der Waals surface area contributed by atoms with Crippen molar-refractivity contribution in [3.05, 3.63) is 65.7 Å². The van der Waals surface area contributed by atoms with Crippen molar-refractivity contribution in [2.75, 3.05) is 0 Å². The molecule has 8 heteroatoms. The van der Waals surface area contributed by atoms with Crippen molar-refractivity contribution >= 4 is 6.09 Å². The zero-order valence-corrected chi connectivity index (χ0v) is 20.9. The van der Waals surface area contributed by atoms with Crippen molar-refractivity contribution in [2.24, 2.45) is 0 Å². The molecule has 0 bridgehead atoms. The van der Waals surface area contributed by atoms with Gasteiger partial charge in [0.1, 0.15) is 12.1 Å². The maximum Gasteiger partial charge on any atom is 0.415 e. The van der Waals surface area contributed by atoms with E-state index in [4.69, 9.17) is 14.2 Å². The van der Waals surface area contributed by atoms with Gasteiger partial charge in [0.25, 0.3) is 0 Å². The molecule has 0 N–H and O–H groups in total. The molecule has 35 heavy (non-hydrogen) atoms. The lowest BCUT2D eigenvalue weighted by Gasteiger charge is -2.29. The minimum absolute atomic E-state index is 0.0221. The molecule has 0 aliphatic carbocycles. The summed E-state index contributed by atoms with van der Waals surface area (Å²) in [4.78, 5) is 27.7. The zero-order chi connectivity index (χ0) is 24.9. The first-order valence-electron chi connectivity index (χ1n) is 12.0. The van der Waals surface area contributed by atoms with Gasteiger partial charge in [0, 0.05) is 24.7 Å². The third-order valence-electron chi connectivity index (χ3n) is 6.30. The molecule has 4 rings (SSSR count). The van der Waals surface area contributed by atoms with Crippen molar-refractivity contribution in [3.8, 4) is 23.3 Å². The van der Waals surface area contributed by atoms with E-state index in [9.17, 15) is 4.79 Å². The monoisotopic (exact) mass is 476 g/mol. The molecule has 8 nitrogen and oxygen atoms in total. The largest absolute Gasteiger partial charge is 0.474 e. The lowest BCUT2D eigenvalue weighted by Crippen LogP contribution is -2.43. The molecule has 3 atom stereocenters. The fraction of sp³-hybridized carbons (Fsp3) is 0.407. The molecular formula is C27H32N4O4. The Bertz CT molecular complexity index is 1170. The van der Waals surface area contributed by atoms with Gasteiger partial charge in [-0.25, -0.2) is 14.8 Å². The van der Waals surface area contributed by atoms with Crippen molar-refractivity contribution in [1.29, 1.82) is 0 Å². The van der Waals surface area contributed by atoms with Crippen LogP contribution in [0.1, 0.15) is 49.9 Å². The highest BCUT2D eigenvalue weighted by Crippen LogP contribution is 2.32. The highest BCUT2D eigenvalue weighted by Gasteiger charge is 2.37. The van der Waals surface area contributed by atoms with Crippen LogP contribution in [0.2, 0.25) is 0 Å². The minimum Gasteiger partial charge on any atom is -0.474 e. The first-order chi connectivity index (χ1) is 16.8. The second-order valence-corrected chi connectivity index (χ2v) is 9.13. The summed E-state index contributed by atoms with van der Waals surface area (Å²) in [6.07, 6.45) is 5.13. The Balaban J connectivity index is 1.41. The van der Waals surface area contributed by atoms with Crippen LogP contribution in [0.3, 0.4) is 0 Å². The summed E-state index contributed by atoms with van der Waals surface area (Å²) in [6.45, 7) is 9.79. The van der Waals surface area contributed by atoms with E-state index in [2.05, 4.69) is 21.9 Å². The molecule has 3 aromatic rings. The van der Waals surface area contributed by atoms with Crippen molar-refractivity contribution < 1.29 is 19.0 Å². The SMILES string of the molecule is Cc1ccc(OC(=O)N2C(C)CCC2C[C@@H](C)Oc2ncnc(Oc3cccnc3C)c2C)cc1. The Morgan fingerprint density at radius 3 is 2.54 bits per heavy atom. The minimum atomic E-state index is -0.322. The van der Waals surface area contributed by atoms with Crippen LogP contribution in [0.5, 0.6) is 23.3 Å². The summed E-state index contributed by atoms with van der Waals surface area (Å²) < 4.78 is 17.8. The summed E-state index contributed by atoms with van der Waals surface area (Å²) in [5, 5.41) is 0. The van der Waals surface area contributed by atoms with E-state index in [1.54, 1.807) is 6.20 Å². The van der Waals surface area contributed by atoms with E-state index in [-0.39, 0.29) is 24.3 Å². The number of benzene rings is 1. The van der Waals surface area contributed by atoms with Crippen molar-refractivity contribution in [1.82, 2.24) is 19.9 Å². The van der Waals surface area contributed by atoms with Crippen molar-refractivity contribution in [2.45, 2.75) is 72.1 Å². The lowest BCUT2D eigenvalue weighted by atomic mass is 10.1. The maximum absolute atomic E-state index is 13.0. The number of nitrogens with zero attached hydrogens (tertiary/aromatic N) is 4. The second kappa shape index (κ2) is 10.7. The van der Waals surface area contributed by atoms with Gasteiger partial charge >= 0.3 is 6.09 Å². The average molecular weight is 477 g/mol. The molecule has 3 heterocycles. The fourth-order valence-corrected chi connectivity index (χ4v) is 4.34. The quantitative estimate of drug-likeness (QED) is 0.426. The number of likely N-dealkylation sites (tertiary alicyclic amines) is 1. The Morgan fingerprint density at radius 1 is 1.06 bits per heavy atom. The van der Waals surface area contributed by atoms with Gasteiger partial charge in [-0.15, -0.1) is 0 Å². The van der Waals surface area contributed by atoms with Crippen LogP contribution in [0.4, 0.5) is 4.79 Å². The summed E-state index contributed by atoms with van der Waals surface area (Å²) in [7, 11) is 0. The summed E-state index contributed by atoms with van der Waals surface area (Å²) in [5.41, 5.74) is 2.60. The Hall–Kier alpha value is -3.68. The van der Waals surface area contributed by atoms with Gasteiger partial charge in [-0.2, -0.15) is 0 Å². The molecule has 0 saturated carbocycles. The Kier molecular flexibility index (Phi) is 7.48. The van der Waals surface area contributed by atoms with E-state index >= 15 is 0 Å². The smallest absolute Gasteiger partial charge is 0.415 e. The number of carbonyl (C=O) groups is 1. The molecule has 2 unspecified atom stereocenters.